The highest BCUT2D eigenvalue weighted by Gasteiger charge is 2.65. The van der Waals surface area contributed by atoms with Gasteiger partial charge in [0.2, 0.25) is 0 Å². The van der Waals surface area contributed by atoms with Crippen molar-refractivity contribution in [3.8, 4) is 0 Å². The fraction of sp³-hybridized carbons (Fsp3) is 0.714. The van der Waals surface area contributed by atoms with Gasteiger partial charge in [0.15, 0.2) is 0 Å². The molecular weight excluding hydrogens is 243 g/mol. The van der Waals surface area contributed by atoms with Crippen LogP contribution in [-0.4, -0.2) is 36.3 Å². The van der Waals surface area contributed by atoms with Crippen LogP contribution < -0.4 is 0 Å². The van der Waals surface area contributed by atoms with Crippen LogP contribution in [0.5, 0.6) is 0 Å². The lowest BCUT2D eigenvalue weighted by Gasteiger charge is -2.16. The second-order valence-electron chi connectivity index (χ2n) is 2.19. The third-order valence-electron chi connectivity index (χ3n) is 1.11. The minimum atomic E-state index is -6.06. The van der Waals surface area contributed by atoms with Crippen LogP contribution in [0.25, 0.3) is 0 Å². The number of hydrogen-bond acceptors (Lipinski definition) is 4. The number of aliphatic hydroxyl groups is 1. The molecule has 16 heavy (non-hydrogen) atoms. The van der Waals surface area contributed by atoms with E-state index in [-0.39, 0.29) is 0 Å². The quantitative estimate of drug-likeness (QED) is 0.456. The van der Waals surface area contributed by atoms with Crippen LogP contribution >= 0.6 is 0 Å². The Morgan fingerprint density at radius 1 is 1.12 bits per heavy atom. The number of halogens is 5. The Morgan fingerprint density at radius 2 is 1.50 bits per heavy atom. The van der Waals surface area contributed by atoms with Gasteiger partial charge in [-0.2, -0.15) is 22.0 Å². The summed E-state index contributed by atoms with van der Waals surface area (Å²) in [6.07, 6.45) is -6.53. The summed E-state index contributed by atoms with van der Waals surface area (Å²) >= 11 is 0. The maximum absolute atomic E-state index is 12.1. The first-order valence-corrected chi connectivity index (χ1v) is 3.77. The van der Waals surface area contributed by atoms with Crippen molar-refractivity contribution in [3.05, 3.63) is 0 Å². The van der Waals surface area contributed by atoms with Gasteiger partial charge in [0, 0.05) is 13.5 Å². The van der Waals surface area contributed by atoms with E-state index in [0.29, 0.717) is 0 Å². The van der Waals surface area contributed by atoms with Crippen molar-refractivity contribution >= 4 is 11.9 Å². The monoisotopic (exact) mass is 252 g/mol. The molecule has 0 aliphatic rings. The van der Waals surface area contributed by atoms with Crippen molar-refractivity contribution in [1.29, 1.82) is 0 Å². The van der Waals surface area contributed by atoms with Gasteiger partial charge < -0.3 is 9.84 Å². The van der Waals surface area contributed by atoms with Gasteiger partial charge in [-0.3, -0.25) is 4.79 Å². The highest BCUT2D eigenvalue weighted by atomic mass is 19.4. The Morgan fingerprint density at radius 3 is 1.75 bits per heavy atom. The maximum Gasteiger partial charge on any atom is 0.465 e. The number of alkyl halides is 5. The topological polar surface area (TPSA) is 63.6 Å². The average Bonchev–Trinajstić information content (AvgIpc) is 2.18. The zero-order valence-corrected chi connectivity index (χ0v) is 8.27. The van der Waals surface area contributed by atoms with E-state index < -0.39 is 30.5 Å². The van der Waals surface area contributed by atoms with E-state index in [9.17, 15) is 31.5 Å². The molecule has 0 heterocycles. The van der Waals surface area contributed by atoms with Crippen molar-refractivity contribution in [2.45, 2.75) is 25.4 Å². The molecule has 1 N–H and O–H groups in total. The largest absolute Gasteiger partial charge is 0.465 e. The minimum Gasteiger partial charge on any atom is -0.400 e. The Labute approximate surface area is 87.0 Å². The van der Waals surface area contributed by atoms with Gasteiger partial charge in [-0.25, -0.2) is 4.79 Å². The third kappa shape index (κ3) is 4.51. The molecular formula is C7H9F5O4. The summed E-state index contributed by atoms with van der Waals surface area (Å²) in [5.41, 5.74) is 0. The fourth-order valence-corrected chi connectivity index (χ4v) is 0.355. The van der Waals surface area contributed by atoms with E-state index in [0.717, 1.165) is 14.0 Å². The Kier molecular flexibility index (Phi) is 6.82. The van der Waals surface area contributed by atoms with E-state index >= 15 is 0 Å². The molecule has 0 saturated heterocycles. The molecule has 0 saturated carbocycles. The summed E-state index contributed by atoms with van der Waals surface area (Å²) < 4.78 is 61.8. The lowest BCUT2D eigenvalue weighted by atomic mass is 10.3. The van der Waals surface area contributed by atoms with Crippen molar-refractivity contribution in [2.24, 2.45) is 0 Å². The molecule has 0 atom stereocenters. The molecule has 0 spiro atoms. The Bertz CT molecular complexity index is 248. The summed E-state index contributed by atoms with van der Waals surface area (Å²) in [4.78, 5) is 20.4. The summed E-state index contributed by atoms with van der Waals surface area (Å²) in [5.74, 6) is -10.0. The van der Waals surface area contributed by atoms with E-state index in [1.165, 1.54) is 0 Å². The van der Waals surface area contributed by atoms with Gasteiger partial charge in [-0.05, 0) is 0 Å². The predicted molar refractivity (Wildman–Crippen MR) is 40.5 cm³/mol. The average molecular weight is 252 g/mol. The number of aliphatic hydroxyl groups excluding tert-OH is 1. The molecule has 0 aliphatic heterocycles. The number of hydrogen-bond donors (Lipinski definition) is 1. The van der Waals surface area contributed by atoms with Gasteiger partial charge in [0.05, 0.1) is 0 Å². The van der Waals surface area contributed by atoms with Crippen LogP contribution in [0.3, 0.4) is 0 Å². The Balaban J connectivity index is 0. The van der Waals surface area contributed by atoms with Crippen LogP contribution in [-0.2, 0) is 14.3 Å². The highest BCUT2D eigenvalue weighted by molar-refractivity contribution is 5.89. The molecule has 0 fully saturated rings. The smallest absolute Gasteiger partial charge is 0.400 e. The SMILES string of the molecule is CCC(=O)OC(=O)C(F)(F)C(F)(F)F.CO. The lowest BCUT2D eigenvalue weighted by molar-refractivity contribution is -0.279. The molecule has 4 nitrogen and oxygen atoms in total. The number of carbonyl (C=O) groups is 2. The van der Waals surface area contributed by atoms with Gasteiger partial charge in [-0.15, -0.1) is 0 Å². The lowest BCUT2D eigenvalue weighted by Crippen LogP contribution is -2.45. The van der Waals surface area contributed by atoms with Gasteiger partial charge in [-0.1, -0.05) is 6.92 Å². The highest BCUT2D eigenvalue weighted by Crippen LogP contribution is 2.36. The van der Waals surface area contributed by atoms with Crippen molar-refractivity contribution in [1.82, 2.24) is 0 Å². The van der Waals surface area contributed by atoms with Gasteiger partial charge in [0.1, 0.15) is 0 Å². The molecule has 0 radical (unpaired) electrons. The maximum atomic E-state index is 12.1. The molecule has 9 heteroatoms. The van der Waals surface area contributed by atoms with E-state index in [1.54, 1.807) is 0 Å². The van der Waals surface area contributed by atoms with Crippen LogP contribution in [0.4, 0.5) is 22.0 Å². The fourth-order valence-electron chi connectivity index (χ4n) is 0.355. The van der Waals surface area contributed by atoms with Gasteiger partial charge in [0.25, 0.3) is 0 Å². The van der Waals surface area contributed by atoms with Crippen LogP contribution in [0.15, 0.2) is 0 Å². The summed E-state index contributed by atoms with van der Waals surface area (Å²) in [7, 11) is 1.00. The first-order chi connectivity index (χ1) is 7.13. The molecule has 0 rings (SSSR count). The molecule has 0 aromatic heterocycles. The van der Waals surface area contributed by atoms with E-state index in [2.05, 4.69) is 4.74 Å². The first-order valence-electron chi connectivity index (χ1n) is 3.77. The minimum absolute atomic E-state index is 0.473. The molecule has 0 bridgehead atoms. The normalized spacial score (nSPS) is 11.2. The van der Waals surface area contributed by atoms with Crippen molar-refractivity contribution < 1.29 is 41.4 Å². The number of carbonyl (C=O) groups excluding carboxylic acids is 2. The standard InChI is InChI=1S/C6H5F5O3.CH4O/c1-2-3(12)14-4(13)5(7,8)6(9,10)11;1-2/h2H2,1H3;2H,1H3. The summed E-state index contributed by atoms with van der Waals surface area (Å²) in [6.45, 7) is 1.14. The third-order valence-corrected chi connectivity index (χ3v) is 1.11. The number of ether oxygens (including phenoxy) is 1. The second-order valence-corrected chi connectivity index (χ2v) is 2.19. The van der Waals surface area contributed by atoms with Crippen LogP contribution in [0, 0.1) is 0 Å². The molecule has 0 unspecified atom stereocenters. The molecule has 96 valence electrons. The summed E-state index contributed by atoms with van der Waals surface area (Å²) in [6, 6.07) is 0. The molecule has 0 aromatic rings. The van der Waals surface area contributed by atoms with Crippen molar-refractivity contribution in [3.63, 3.8) is 0 Å². The van der Waals surface area contributed by atoms with Crippen LogP contribution in [0.2, 0.25) is 0 Å². The zero-order valence-electron chi connectivity index (χ0n) is 8.27. The van der Waals surface area contributed by atoms with E-state index in [4.69, 9.17) is 5.11 Å². The molecule has 0 amide bonds. The number of rotatable bonds is 2. The zero-order chi connectivity index (χ0) is 13.6. The van der Waals surface area contributed by atoms with Gasteiger partial charge >= 0.3 is 24.0 Å². The number of esters is 2. The predicted octanol–water partition coefficient (Wildman–Crippen LogP) is 1.27. The molecule has 0 aromatic carbocycles. The Hall–Kier alpha value is -1.25. The molecule has 0 aliphatic carbocycles. The van der Waals surface area contributed by atoms with E-state index in [1.807, 2.05) is 0 Å². The van der Waals surface area contributed by atoms with Crippen molar-refractivity contribution in [2.75, 3.05) is 7.11 Å². The summed E-state index contributed by atoms with van der Waals surface area (Å²) in [5, 5.41) is 7.00. The second kappa shape index (κ2) is 6.36. The van der Waals surface area contributed by atoms with Crippen LogP contribution in [0.1, 0.15) is 13.3 Å². The first kappa shape index (κ1) is 17.2.